The summed E-state index contributed by atoms with van der Waals surface area (Å²) in [6.07, 6.45) is 5.53. The van der Waals surface area contributed by atoms with Crippen LogP contribution < -0.4 is 14.8 Å². The van der Waals surface area contributed by atoms with Gasteiger partial charge in [0.15, 0.2) is 16.6 Å². The molecule has 45 heavy (non-hydrogen) atoms. The molecule has 1 aliphatic heterocycles. The van der Waals surface area contributed by atoms with Crippen molar-refractivity contribution in [1.82, 2.24) is 9.88 Å². The standard InChI is InChI=1S/C32H32F3N3O4S3/c1-41-26-17-21(12-13-25(26)42-23-9-3-2-4-10-23)18-27-29(40)38(31(43)45-27)14-6-11-28(39)37-30-36-19-24(44-30)16-20-7-5-8-22(15-20)32(33,34)35/h5,7-8,12-13,15,17-19,23H,2-4,6,9-11,14,16H2,1H3,(H,36,37,39)/b27-18-. The second-order valence-corrected chi connectivity index (χ2v) is 13.6. The number of methoxy groups -OCH3 is 1. The number of thiazole rings is 1. The largest absolute Gasteiger partial charge is 0.493 e. The van der Waals surface area contributed by atoms with Crippen LogP contribution in [-0.4, -0.2) is 45.8 Å². The maximum atomic E-state index is 13.1. The van der Waals surface area contributed by atoms with Gasteiger partial charge in [-0.1, -0.05) is 54.7 Å². The number of aromatic nitrogens is 1. The summed E-state index contributed by atoms with van der Waals surface area (Å²) >= 11 is 7.87. The molecule has 1 N–H and O–H groups in total. The lowest BCUT2D eigenvalue weighted by Gasteiger charge is -2.24. The number of carbonyl (C=O) groups is 2. The molecule has 2 amide bonds. The number of thiocarbonyl (C=S) groups is 1. The Bertz CT molecular complexity index is 1580. The zero-order chi connectivity index (χ0) is 32.0. The molecule has 0 atom stereocenters. The number of hydrogen-bond donors (Lipinski definition) is 1. The van der Waals surface area contributed by atoms with Gasteiger partial charge in [0.1, 0.15) is 4.32 Å². The number of halogens is 3. The van der Waals surface area contributed by atoms with Crippen LogP contribution in [0.5, 0.6) is 11.5 Å². The third kappa shape index (κ3) is 8.86. The van der Waals surface area contributed by atoms with Gasteiger partial charge in [0, 0.05) is 30.5 Å². The van der Waals surface area contributed by atoms with Gasteiger partial charge in [-0.15, -0.1) is 11.3 Å². The number of anilines is 1. The van der Waals surface area contributed by atoms with Crippen LogP contribution in [0.25, 0.3) is 6.08 Å². The number of hydrogen-bond acceptors (Lipinski definition) is 8. The van der Waals surface area contributed by atoms with Crippen molar-refractivity contribution in [3.8, 4) is 11.5 Å². The van der Waals surface area contributed by atoms with E-state index in [9.17, 15) is 22.8 Å². The van der Waals surface area contributed by atoms with Gasteiger partial charge in [-0.25, -0.2) is 4.98 Å². The van der Waals surface area contributed by atoms with Crippen molar-refractivity contribution in [2.75, 3.05) is 19.0 Å². The number of carbonyl (C=O) groups excluding carboxylic acids is 2. The summed E-state index contributed by atoms with van der Waals surface area (Å²) < 4.78 is 51.2. The van der Waals surface area contributed by atoms with Crippen LogP contribution in [0.15, 0.2) is 53.6 Å². The molecule has 238 valence electrons. The normalized spacial score (nSPS) is 16.8. The average Bonchev–Trinajstić information content (AvgIpc) is 3.56. The highest BCUT2D eigenvalue weighted by Gasteiger charge is 2.32. The molecule has 2 aromatic carbocycles. The van der Waals surface area contributed by atoms with E-state index in [-0.39, 0.29) is 37.3 Å². The van der Waals surface area contributed by atoms with Crippen LogP contribution in [0.3, 0.4) is 0 Å². The average molecular weight is 676 g/mol. The third-order valence-corrected chi connectivity index (χ3v) is 9.71. The van der Waals surface area contributed by atoms with Crippen LogP contribution in [0, 0.1) is 0 Å². The van der Waals surface area contributed by atoms with Gasteiger partial charge in [-0.05, 0) is 67.5 Å². The molecule has 1 saturated carbocycles. The summed E-state index contributed by atoms with van der Waals surface area (Å²) in [5.74, 6) is 0.806. The van der Waals surface area contributed by atoms with E-state index >= 15 is 0 Å². The summed E-state index contributed by atoms with van der Waals surface area (Å²) in [6, 6.07) is 10.7. The van der Waals surface area contributed by atoms with E-state index in [0.29, 0.717) is 37.8 Å². The Labute approximate surface area is 273 Å². The zero-order valence-corrected chi connectivity index (χ0v) is 27.0. The lowest BCUT2D eigenvalue weighted by molar-refractivity contribution is -0.137. The highest BCUT2D eigenvalue weighted by molar-refractivity contribution is 8.26. The first-order valence-electron chi connectivity index (χ1n) is 14.6. The first-order valence-corrected chi connectivity index (χ1v) is 16.6. The molecule has 1 saturated heterocycles. The molecule has 1 aromatic heterocycles. The number of nitrogens with zero attached hydrogens (tertiary/aromatic N) is 2. The van der Waals surface area contributed by atoms with Gasteiger partial charge in [-0.3, -0.25) is 14.5 Å². The van der Waals surface area contributed by atoms with E-state index in [1.54, 1.807) is 25.4 Å². The molecule has 1 aliphatic carbocycles. The predicted octanol–water partition coefficient (Wildman–Crippen LogP) is 8.09. The monoisotopic (exact) mass is 675 g/mol. The highest BCUT2D eigenvalue weighted by atomic mass is 32.2. The van der Waals surface area contributed by atoms with Crippen molar-refractivity contribution in [3.05, 3.63) is 75.1 Å². The highest BCUT2D eigenvalue weighted by Crippen LogP contribution is 2.36. The van der Waals surface area contributed by atoms with E-state index in [2.05, 4.69) is 10.3 Å². The number of alkyl halides is 3. The van der Waals surface area contributed by atoms with Gasteiger partial charge < -0.3 is 14.8 Å². The summed E-state index contributed by atoms with van der Waals surface area (Å²) in [4.78, 5) is 32.6. The number of amides is 2. The molecule has 13 heteroatoms. The zero-order valence-electron chi connectivity index (χ0n) is 24.5. The van der Waals surface area contributed by atoms with Crippen LogP contribution in [-0.2, 0) is 22.2 Å². The minimum absolute atomic E-state index is 0.137. The van der Waals surface area contributed by atoms with Crippen LogP contribution in [0.1, 0.15) is 66.5 Å². The molecule has 2 aliphatic rings. The molecule has 0 spiro atoms. The molecular formula is C32H32F3N3O4S3. The SMILES string of the molecule is COc1cc(/C=C2\SC(=S)N(CCCC(=O)Nc3ncc(Cc4cccc(C(F)(F)F)c4)s3)C2=O)ccc1OC1CCCCC1. The van der Waals surface area contributed by atoms with Crippen LogP contribution in [0.2, 0.25) is 0 Å². The fourth-order valence-corrected chi connectivity index (χ4v) is 7.33. The fraction of sp³-hybridized carbons (Fsp3) is 0.375. The Morgan fingerprint density at radius 2 is 1.96 bits per heavy atom. The van der Waals surface area contributed by atoms with E-state index in [1.165, 1.54) is 53.3 Å². The molecule has 2 heterocycles. The molecule has 0 bridgehead atoms. The predicted molar refractivity (Wildman–Crippen MR) is 175 cm³/mol. The van der Waals surface area contributed by atoms with E-state index < -0.39 is 11.7 Å². The quantitative estimate of drug-likeness (QED) is 0.163. The Balaban J connectivity index is 1.11. The minimum Gasteiger partial charge on any atom is -0.493 e. The molecule has 0 unspecified atom stereocenters. The Morgan fingerprint density at radius 1 is 1.16 bits per heavy atom. The number of nitrogens with one attached hydrogen (secondary N) is 1. The third-order valence-electron chi connectivity index (χ3n) is 7.42. The summed E-state index contributed by atoms with van der Waals surface area (Å²) in [7, 11) is 1.59. The molecule has 3 aromatic rings. The van der Waals surface area contributed by atoms with E-state index in [4.69, 9.17) is 21.7 Å². The van der Waals surface area contributed by atoms with Gasteiger partial charge in [0.25, 0.3) is 5.91 Å². The first-order chi connectivity index (χ1) is 21.6. The second kappa shape index (κ2) is 14.8. The molecule has 7 nitrogen and oxygen atoms in total. The van der Waals surface area contributed by atoms with Crippen LogP contribution >= 0.6 is 35.3 Å². The Morgan fingerprint density at radius 3 is 2.71 bits per heavy atom. The van der Waals surface area contributed by atoms with Gasteiger partial charge in [0.05, 0.1) is 23.7 Å². The van der Waals surface area contributed by atoms with Crippen molar-refractivity contribution in [2.24, 2.45) is 0 Å². The molecular weight excluding hydrogens is 644 g/mol. The number of benzene rings is 2. The topological polar surface area (TPSA) is 80.8 Å². The smallest absolute Gasteiger partial charge is 0.416 e. The van der Waals surface area contributed by atoms with Gasteiger partial charge >= 0.3 is 6.18 Å². The number of ether oxygens (including phenoxy) is 2. The van der Waals surface area contributed by atoms with Gasteiger partial charge in [-0.2, -0.15) is 13.2 Å². The second-order valence-electron chi connectivity index (χ2n) is 10.8. The Hall–Kier alpha value is -3.42. The van der Waals surface area contributed by atoms with Crippen molar-refractivity contribution >= 4 is 62.7 Å². The summed E-state index contributed by atoms with van der Waals surface area (Å²) in [5, 5.41) is 3.09. The Kier molecular flexibility index (Phi) is 10.8. The van der Waals surface area contributed by atoms with Crippen molar-refractivity contribution in [1.29, 1.82) is 0 Å². The summed E-state index contributed by atoms with van der Waals surface area (Å²) in [5.41, 5.74) is 0.589. The maximum absolute atomic E-state index is 13.1. The van der Waals surface area contributed by atoms with E-state index in [1.807, 2.05) is 18.2 Å². The molecule has 2 fully saturated rings. The molecule has 0 radical (unpaired) electrons. The van der Waals surface area contributed by atoms with Crippen LogP contribution in [0.4, 0.5) is 18.3 Å². The molecule has 5 rings (SSSR count). The lowest BCUT2D eigenvalue weighted by atomic mass is 9.98. The lowest BCUT2D eigenvalue weighted by Crippen LogP contribution is -2.29. The number of thioether (sulfide) groups is 1. The van der Waals surface area contributed by atoms with Crippen molar-refractivity contribution in [2.45, 2.75) is 63.6 Å². The summed E-state index contributed by atoms with van der Waals surface area (Å²) in [6.45, 7) is 0.283. The van der Waals surface area contributed by atoms with Crippen molar-refractivity contribution < 1.29 is 32.2 Å². The van der Waals surface area contributed by atoms with Crippen molar-refractivity contribution in [3.63, 3.8) is 0 Å². The maximum Gasteiger partial charge on any atom is 0.416 e. The van der Waals surface area contributed by atoms with Gasteiger partial charge in [0.2, 0.25) is 5.91 Å². The van der Waals surface area contributed by atoms with E-state index in [0.717, 1.165) is 35.4 Å². The number of rotatable bonds is 11. The fourth-order valence-electron chi connectivity index (χ4n) is 5.16. The minimum atomic E-state index is -4.41. The first kappa shape index (κ1) is 33.0.